The van der Waals surface area contributed by atoms with Crippen molar-refractivity contribution in [3.63, 3.8) is 0 Å². The highest BCUT2D eigenvalue weighted by atomic mass is 79.9. The Morgan fingerprint density at radius 1 is 0.690 bits per heavy atom. The molecule has 0 aliphatic heterocycles. The van der Waals surface area contributed by atoms with Crippen LogP contribution in [0.4, 0.5) is 23.3 Å². The molecule has 2 N–H and O–H groups in total. The minimum Gasteiger partial charge on any atom is -0.324 e. The number of halogens is 1. The van der Waals surface area contributed by atoms with E-state index in [-0.39, 0.29) is 0 Å². The Morgan fingerprint density at radius 3 is 1.83 bits per heavy atom. The van der Waals surface area contributed by atoms with Crippen LogP contribution in [-0.2, 0) is 5.75 Å². The van der Waals surface area contributed by atoms with Gasteiger partial charge in [-0.25, -0.2) is 0 Å². The summed E-state index contributed by atoms with van der Waals surface area (Å²) in [6, 6.07) is 27.9. The summed E-state index contributed by atoms with van der Waals surface area (Å²) in [5.74, 6) is 1.77. The van der Waals surface area contributed by atoms with Gasteiger partial charge in [0.1, 0.15) is 0 Å². The third kappa shape index (κ3) is 5.79. The fourth-order valence-electron chi connectivity index (χ4n) is 2.61. The summed E-state index contributed by atoms with van der Waals surface area (Å²) < 4.78 is 1.06. The first kappa shape index (κ1) is 19.4. The van der Waals surface area contributed by atoms with Gasteiger partial charge in [0.15, 0.2) is 5.16 Å². The quantitative estimate of drug-likeness (QED) is 0.308. The maximum atomic E-state index is 4.59. The van der Waals surface area contributed by atoms with Crippen LogP contribution in [0.3, 0.4) is 0 Å². The summed E-state index contributed by atoms with van der Waals surface area (Å²) in [6.45, 7) is 0. The van der Waals surface area contributed by atoms with Gasteiger partial charge in [0.2, 0.25) is 11.9 Å². The molecule has 0 spiro atoms. The molecular weight excluding hydrogens is 446 g/mol. The lowest BCUT2D eigenvalue weighted by molar-refractivity contribution is 0.920. The van der Waals surface area contributed by atoms with Crippen LogP contribution in [-0.4, -0.2) is 15.0 Å². The van der Waals surface area contributed by atoms with Crippen molar-refractivity contribution in [2.45, 2.75) is 10.9 Å². The molecule has 0 bridgehead atoms. The van der Waals surface area contributed by atoms with Crippen LogP contribution >= 0.6 is 27.7 Å². The van der Waals surface area contributed by atoms with Crippen LogP contribution in [0, 0.1) is 0 Å². The summed E-state index contributed by atoms with van der Waals surface area (Å²) in [5.41, 5.74) is 3.04. The first-order valence-electron chi connectivity index (χ1n) is 9.02. The van der Waals surface area contributed by atoms with E-state index in [9.17, 15) is 0 Å². The highest BCUT2D eigenvalue weighted by Gasteiger charge is 2.09. The highest BCUT2D eigenvalue weighted by molar-refractivity contribution is 9.10. The Morgan fingerprint density at radius 2 is 1.28 bits per heavy atom. The largest absolute Gasteiger partial charge is 0.324 e. The van der Waals surface area contributed by atoms with Gasteiger partial charge in [-0.2, -0.15) is 15.0 Å². The Bertz CT molecular complexity index is 1020. The van der Waals surface area contributed by atoms with Crippen molar-refractivity contribution < 1.29 is 0 Å². The standard InChI is InChI=1S/C22H18BrN5S/c23-17-9-7-8-16(14-17)15-29-22-27-20(24-18-10-3-1-4-11-18)26-21(28-22)25-19-12-5-2-6-13-19/h1-14H,15H2,(H2,24,25,26,27,28). The molecule has 0 saturated heterocycles. The second kappa shape index (κ2) is 9.54. The summed E-state index contributed by atoms with van der Waals surface area (Å²) in [6.07, 6.45) is 0. The molecule has 5 nitrogen and oxygen atoms in total. The lowest BCUT2D eigenvalue weighted by Crippen LogP contribution is -2.05. The van der Waals surface area contributed by atoms with Crippen LogP contribution in [0.2, 0.25) is 0 Å². The second-order valence-electron chi connectivity index (χ2n) is 6.17. The van der Waals surface area contributed by atoms with E-state index in [4.69, 9.17) is 0 Å². The molecule has 1 aromatic heterocycles. The number of rotatable bonds is 7. The van der Waals surface area contributed by atoms with E-state index in [1.165, 1.54) is 5.56 Å². The maximum absolute atomic E-state index is 4.59. The molecule has 4 aromatic rings. The van der Waals surface area contributed by atoms with Crippen LogP contribution in [0.5, 0.6) is 0 Å². The molecule has 0 saturated carbocycles. The van der Waals surface area contributed by atoms with Crippen molar-refractivity contribution in [3.8, 4) is 0 Å². The zero-order valence-electron chi connectivity index (χ0n) is 15.4. The molecule has 0 atom stereocenters. The van der Waals surface area contributed by atoms with Crippen LogP contribution in [0.25, 0.3) is 0 Å². The van der Waals surface area contributed by atoms with Crippen LogP contribution < -0.4 is 10.6 Å². The fourth-order valence-corrected chi connectivity index (χ4v) is 3.83. The van der Waals surface area contributed by atoms with E-state index in [1.807, 2.05) is 72.8 Å². The van der Waals surface area contributed by atoms with Gasteiger partial charge in [-0.15, -0.1) is 0 Å². The molecule has 4 rings (SSSR count). The first-order valence-corrected chi connectivity index (χ1v) is 10.8. The second-order valence-corrected chi connectivity index (χ2v) is 8.02. The van der Waals surface area contributed by atoms with E-state index in [0.29, 0.717) is 17.1 Å². The van der Waals surface area contributed by atoms with Crippen LogP contribution in [0.1, 0.15) is 5.56 Å². The zero-order valence-corrected chi connectivity index (χ0v) is 17.8. The molecule has 29 heavy (non-hydrogen) atoms. The molecule has 1 heterocycles. The van der Waals surface area contributed by atoms with Gasteiger partial charge in [0.05, 0.1) is 0 Å². The molecule has 7 heteroatoms. The SMILES string of the molecule is Brc1cccc(CSc2nc(Nc3ccccc3)nc(Nc3ccccc3)n2)c1. The van der Waals surface area contributed by atoms with E-state index >= 15 is 0 Å². The molecule has 0 amide bonds. The number of para-hydroxylation sites is 2. The number of thioether (sulfide) groups is 1. The van der Waals surface area contributed by atoms with Crippen molar-refractivity contribution in [3.05, 3.63) is 95.0 Å². The number of hydrogen-bond donors (Lipinski definition) is 2. The Labute approximate surface area is 182 Å². The Hall–Kier alpha value is -2.90. The lowest BCUT2D eigenvalue weighted by Gasteiger charge is -2.10. The van der Waals surface area contributed by atoms with E-state index in [0.717, 1.165) is 21.6 Å². The number of nitrogens with zero attached hydrogens (tertiary/aromatic N) is 3. The predicted molar refractivity (Wildman–Crippen MR) is 123 cm³/mol. The normalized spacial score (nSPS) is 10.5. The predicted octanol–water partition coefficient (Wildman–Crippen LogP) is 6.41. The monoisotopic (exact) mass is 463 g/mol. The fraction of sp³-hybridized carbons (Fsp3) is 0.0455. The number of anilines is 4. The minimum absolute atomic E-state index is 0.501. The third-order valence-corrected chi connectivity index (χ3v) is 5.34. The molecule has 0 radical (unpaired) electrons. The van der Waals surface area contributed by atoms with Crippen LogP contribution in [0.15, 0.2) is 94.6 Å². The number of hydrogen-bond acceptors (Lipinski definition) is 6. The number of aromatic nitrogens is 3. The smallest absolute Gasteiger partial charge is 0.233 e. The van der Waals surface area contributed by atoms with Gasteiger partial charge in [-0.05, 0) is 42.0 Å². The lowest BCUT2D eigenvalue weighted by atomic mass is 10.2. The number of nitrogens with one attached hydrogen (secondary N) is 2. The maximum Gasteiger partial charge on any atom is 0.233 e. The highest BCUT2D eigenvalue weighted by Crippen LogP contribution is 2.25. The molecule has 0 aliphatic carbocycles. The van der Waals surface area contributed by atoms with Crippen molar-refractivity contribution in [2.75, 3.05) is 10.6 Å². The number of benzene rings is 3. The molecule has 3 aromatic carbocycles. The molecule has 0 fully saturated rings. The van der Waals surface area contributed by atoms with E-state index in [2.05, 4.69) is 53.6 Å². The van der Waals surface area contributed by atoms with Gasteiger partial charge in [0.25, 0.3) is 0 Å². The van der Waals surface area contributed by atoms with E-state index in [1.54, 1.807) is 11.8 Å². The molecule has 144 valence electrons. The molecule has 0 unspecified atom stereocenters. The van der Waals surface area contributed by atoms with Crippen molar-refractivity contribution in [1.29, 1.82) is 0 Å². The molecular formula is C22H18BrN5S. The average molecular weight is 464 g/mol. The minimum atomic E-state index is 0.501. The van der Waals surface area contributed by atoms with Gasteiger partial charge in [0, 0.05) is 21.6 Å². The zero-order chi connectivity index (χ0) is 19.9. The van der Waals surface area contributed by atoms with Crippen molar-refractivity contribution >= 4 is 51.0 Å². The third-order valence-electron chi connectivity index (χ3n) is 3.93. The van der Waals surface area contributed by atoms with E-state index < -0.39 is 0 Å². The summed E-state index contributed by atoms with van der Waals surface area (Å²) in [5, 5.41) is 7.16. The van der Waals surface area contributed by atoms with Gasteiger partial charge in [-0.1, -0.05) is 76.2 Å². The summed E-state index contributed by atoms with van der Waals surface area (Å²) >= 11 is 5.08. The van der Waals surface area contributed by atoms with Gasteiger partial charge in [-0.3, -0.25) is 0 Å². The summed E-state index contributed by atoms with van der Waals surface area (Å²) in [7, 11) is 0. The van der Waals surface area contributed by atoms with Crippen molar-refractivity contribution in [1.82, 2.24) is 15.0 Å². The molecule has 0 aliphatic rings. The topological polar surface area (TPSA) is 62.7 Å². The van der Waals surface area contributed by atoms with Crippen molar-refractivity contribution in [2.24, 2.45) is 0 Å². The average Bonchev–Trinajstić information content (AvgIpc) is 2.74. The summed E-state index contributed by atoms with van der Waals surface area (Å²) in [4.78, 5) is 13.7. The van der Waals surface area contributed by atoms with Gasteiger partial charge >= 0.3 is 0 Å². The first-order chi connectivity index (χ1) is 14.2. The van der Waals surface area contributed by atoms with Gasteiger partial charge < -0.3 is 10.6 Å². The Kier molecular flexibility index (Phi) is 6.38. The Balaban J connectivity index is 1.58.